The van der Waals surface area contributed by atoms with E-state index in [1.54, 1.807) is 6.07 Å². The third kappa shape index (κ3) is 4.85. The summed E-state index contributed by atoms with van der Waals surface area (Å²) in [4.78, 5) is 11.5. The molecule has 0 aromatic heterocycles. The van der Waals surface area contributed by atoms with Crippen LogP contribution in [-0.4, -0.2) is 31.3 Å². The fourth-order valence-electron chi connectivity index (χ4n) is 1.75. The van der Waals surface area contributed by atoms with Gasteiger partial charge in [0.2, 0.25) is 0 Å². The summed E-state index contributed by atoms with van der Waals surface area (Å²) >= 11 is 0. The summed E-state index contributed by atoms with van der Waals surface area (Å²) < 4.78 is 4.74. The molecule has 4 heteroatoms. The highest BCUT2D eigenvalue weighted by molar-refractivity contribution is 5.90. The van der Waals surface area contributed by atoms with Gasteiger partial charge in [-0.3, -0.25) is 0 Å². The highest BCUT2D eigenvalue weighted by Crippen LogP contribution is 2.09. The number of benzene rings is 1. The van der Waals surface area contributed by atoms with Gasteiger partial charge in [-0.1, -0.05) is 18.2 Å². The number of ether oxygens (including phenoxy) is 1. The summed E-state index contributed by atoms with van der Waals surface area (Å²) in [5.74, 6) is -0.298. The van der Waals surface area contributed by atoms with E-state index in [1.165, 1.54) is 7.11 Å². The van der Waals surface area contributed by atoms with Gasteiger partial charge >= 0.3 is 5.97 Å². The second-order valence-corrected chi connectivity index (χ2v) is 4.11. The number of nitrogens with one attached hydrogen (secondary N) is 1. The Labute approximate surface area is 108 Å². The third-order valence-electron chi connectivity index (χ3n) is 2.75. The quantitative estimate of drug-likeness (QED) is 0.545. The van der Waals surface area contributed by atoms with E-state index < -0.39 is 0 Å². The van der Waals surface area contributed by atoms with Gasteiger partial charge in [-0.25, -0.2) is 4.79 Å². The van der Waals surface area contributed by atoms with Gasteiger partial charge in [-0.2, -0.15) is 0 Å². The molecule has 2 N–H and O–H groups in total. The van der Waals surface area contributed by atoms with Crippen LogP contribution in [0.1, 0.15) is 35.2 Å². The van der Waals surface area contributed by atoms with E-state index in [0.29, 0.717) is 12.1 Å². The summed E-state index contributed by atoms with van der Waals surface area (Å²) in [5, 5.41) is 11.9. The fourth-order valence-corrected chi connectivity index (χ4v) is 1.75. The normalized spacial score (nSPS) is 10.3. The molecule has 0 fully saturated rings. The molecule has 0 saturated heterocycles. The first-order valence-corrected chi connectivity index (χ1v) is 6.27. The van der Waals surface area contributed by atoms with Crippen molar-refractivity contribution >= 4 is 5.97 Å². The van der Waals surface area contributed by atoms with Crippen molar-refractivity contribution in [2.45, 2.75) is 25.8 Å². The van der Waals surface area contributed by atoms with E-state index in [0.717, 1.165) is 31.4 Å². The lowest BCUT2D eigenvalue weighted by atomic mass is 10.1. The van der Waals surface area contributed by atoms with Crippen molar-refractivity contribution in [2.75, 3.05) is 20.3 Å². The largest absolute Gasteiger partial charge is 0.465 e. The monoisotopic (exact) mass is 251 g/mol. The summed E-state index contributed by atoms with van der Waals surface area (Å²) in [6.07, 6.45) is 2.89. The third-order valence-corrected chi connectivity index (χ3v) is 2.75. The number of rotatable bonds is 8. The van der Waals surface area contributed by atoms with Gasteiger partial charge < -0.3 is 15.2 Å². The number of carbonyl (C=O) groups is 1. The van der Waals surface area contributed by atoms with Crippen molar-refractivity contribution < 1.29 is 14.6 Å². The Balaban J connectivity index is 2.39. The molecule has 0 amide bonds. The summed E-state index contributed by atoms with van der Waals surface area (Å²) in [5.41, 5.74) is 1.56. The number of hydrogen-bond acceptors (Lipinski definition) is 4. The highest BCUT2D eigenvalue weighted by atomic mass is 16.5. The van der Waals surface area contributed by atoms with Gasteiger partial charge in [0.25, 0.3) is 0 Å². The van der Waals surface area contributed by atoms with E-state index in [-0.39, 0.29) is 12.6 Å². The predicted octanol–water partition coefficient (Wildman–Crippen LogP) is 1.73. The van der Waals surface area contributed by atoms with Crippen molar-refractivity contribution in [2.24, 2.45) is 0 Å². The van der Waals surface area contributed by atoms with Crippen LogP contribution in [0.15, 0.2) is 24.3 Å². The molecule has 0 unspecified atom stereocenters. The Bertz CT molecular complexity index is 366. The van der Waals surface area contributed by atoms with Gasteiger partial charge in [0.05, 0.1) is 12.7 Å². The van der Waals surface area contributed by atoms with Gasteiger partial charge in [-0.05, 0) is 37.4 Å². The Morgan fingerprint density at radius 3 is 2.78 bits per heavy atom. The molecule has 1 aromatic carbocycles. The molecule has 0 bridgehead atoms. The predicted molar refractivity (Wildman–Crippen MR) is 70.4 cm³/mol. The molecule has 1 rings (SSSR count). The van der Waals surface area contributed by atoms with E-state index in [1.807, 2.05) is 18.2 Å². The highest BCUT2D eigenvalue weighted by Gasteiger charge is 2.09. The van der Waals surface area contributed by atoms with Crippen molar-refractivity contribution in [3.63, 3.8) is 0 Å². The van der Waals surface area contributed by atoms with Crippen LogP contribution in [0.2, 0.25) is 0 Å². The molecular weight excluding hydrogens is 230 g/mol. The van der Waals surface area contributed by atoms with Crippen LogP contribution in [0.5, 0.6) is 0 Å². The molecule has 0 aliphatic rings. The molecule has 1 aromatic rings. The number of aliphatic hydroxyl groups is 1. The molecule has 0 aliphatic carbocycles. The lowest BCUT2D eigenvalue weighted by Crippen LogP contribution is -2.17. The first-order chi connectivity index (χ1) is 8.79. The SMILES string of the molecule is COC(=O)c1ccccc1CNCCCCCO. The Morgan fingerprint density at radius 1 is 1.28 bits per heavy atom. The molecule has 0 saturated carbocycles. The fraction of sp³-hybridized carbons (Fsp3) is 0.500. The van der Waals surface area contributed by atoms with Crippen LogP contribution < -0.4 is 5.32 Å². The Hall–Kier alpha value is -1.39. The molecule has 4 nitrogen and oxygen atoms in total. The van der Waals surface area contributed by atoms with Crippen molar-refractivity contribution in [3.05, 3.63) is 35.4 Å². The molecule has 0 heterocycles. The Morgan fingerprint density at radius 2 is 2.06 bits per heavy atom. The van der Waals surface area contributed by atoms with Crippen LogP contribution in [0.25, 0.3) is 0 Å². The van der Waals surface area contributed by atoms with Crippen LogP contribution in [0.4, 0.5) is 0 Å². The van der Waals surface area contributed by atoms with Crippen molar-refractivity contribution in [1.82, 2.24) is 5.32 Å². The number of carbonyl (C=O) groups excluding carboxylic acids is 1. The molecule has 100 valence electrons. The summed E-state index contributed by atoms with van der Waals surface area (Å²) in [7, 11) is 1.39. The zero-order valence-corrected chi connectivity index (χ0v) is 10.8. The molecule has 0 atom stereocenters. The standard InChI is InChI=1S/C14H21NO3/c1-18-14(17)13-8-4-3-7-12(13)11-15-9-5-2-6-10-16/h3-4,7-8,15-16H,2,5-6,9-11H2,1H3. The zero-order chi connectivity index (χ0) is 13.2. The number of esters is 1. The molecular formula is C14H21NO3. The van der Waals surface area contributed by atoms with Crippen LogP contribution in [0.3, 0.4) is 0 Å². The minimum Gasteiger partial charge on any atom is -0.465 e. The smallest absolute Gasteiger partial charge is 0.338 e. The lowest BCUT2D eigenvalue weighted by molar-refractivity contribution is 0.0599. The minimum absolute atomic E-state index is 0.255. The second-order valence-electron chi connectivity index (χ2n) is 4.11. The van der Waals surface area contributed by atoms with Gasteiger partial charge in [0, 0.05) is 13.2 Å². The van der Waals surface area contributed by atoms with Crippen LogP contribution >= 0.6 is 0 Å². The topological polar surface area (TPSA) is 58.6 Å². The molecule has 18 heavy (non-hydrogen) atoms. The average molecular weight is 251 g/mol. The summed E-state index contributed by atoms with van der Waals surface area (Å²) in [6.45, 7) is 1.80. The number of aliphatic hydroxyl groups excluding tert-OH is 1. The van der Waals surface area contributed by atoms with E-state index in [2.05, 4.69) is 5.32 Å². The second kappa shape index (κ2) is 8.66. The maximum atomic E-state index is 11.5. The van der Waals surface area contributed by atoms with Crippen molar-refractivity contribution in [1.29, 1.82) is 0 Å². The van der Waals surface area contributed by atoms with Crippen LogP contribution in [-0.2, 0) is 11.3 Å². The van der Waals surface area contributed by atoms with E-state index >= 15 is 0 Å². The Kier molecular flexibility index (Phi) is 7.06. The average Bonchev–Trinajstić information content (AvgIpc) is 2.42. The van der Waals surface area contributed by atoms with E-state index in [4.69, 9.17) is 9.84 Å². The first-order valence-electron chi connectivity index (χ1n) is 6.27. The van der Waals surface area contributed by atoms with Crippen LogP contribution in [0, 0.1) is 0 Å². The summed E-state index contributed by atoms with van der Waals surface area (Å²) in [6, 6.07) is 7.44. The minimum atomic E-state index is -0.298. The first kappa shape index (κ1) is 14.7. The van der Waals surface area contributed by atoms with Gasteiger partial charge in [-0.15, -0.1) is 0 Å². The van der Waals surface area contributed by atoms with Gasteiger partial charge in [0.1, 0.15) is 0 Å². The van der Waals surface area contributed by atoms with E-state index in [9.17, 15) is 4.79 Å². The lowest BCUT2D eigenvalue weighted by Gasteiger charge is -2.08. The maximum Gasteiger partial charge on any atom is 0.338 e. The molecule has 0 radical (unpaired) electrons. The van der Waals surface area contributed by atoms with Crippen molar-refractivity contribution in [3.8, 4) is 0 Å². The number of hydrogen-bond donors (Lipinski definition) is 2. The molecule has 0 spiro atoms. The molecule has 0 aliphatic heterocycles. The van der Waals surface area contributed by atoms with Gasteiger partial charge in [0.15, 0.2) is 0 Å². The maximum absolute atomic E-state index is 11.5. The zero-order valence-electron chi connectivity index (χ0n) is 10.8. The number of methoxy groups -OCH3 is 1. The number of unbranched alkanes of at least 4 members (excludes halogenated alkanes) is 2.